The third-order valence-electron chi connectivity index (χ3n) is 3.94. The molecule has 0 heterocycles. The molecule has 3 rings (SSSR count). The van der Waals surface area contributed by atoms with E-state index in [1.165, 1.54) is 5.56 Å². The minimum Gasteiger partial charge on any atom is -0.489 e. The zero-order valence-corrected chi connectivity index (χ0v) is 15.4. The van der Waals surface area contributed by atoms with E-state index in [9.17, 15) is 0 Å². The number of hydrogen-bond acceptors (Lipinski definition) is 2. The van der Waals surface area contributed by atoms with Gasteiger partial charge in [0.15, 0.2) is 0 Å². The van der Waals surface area contributed by atoms with Crippen LogP contribution in [0.5, 0.6) is 5.75 Å². The zero-order chi connectivity index (χ0) is 17.6. The molecule has 0 saturated carbocycles. The molecule has 3 aromatic carbocycles. The molecule has 0 spiro atoms. The molecule has 25 heavy (non-hydrogen) atoms. The van der Waals surface area contributed by atoms with Crippen molar-refractivity contribution in [3.05, 3.63) is 93.5 Å². The minimum atomic E-state index is 0.482. The molecule has 0 aromatic heterocycles. The maximum absolute atomic E-state index is 6.17. The van der Waals surface area contributed by atoms with Gasteiger partial charge in [-0.2, -0.15) is 0 Å². The molecule has 2 nitrogen and oxygen atoms in total. The number of hydrogen-bond donors (Lipinski definition) is 1. The van der Waals surface area contributed by atoms with Crippen molar-refractivity contribution in [1.29, 1.82) is 0 Å². The van der Waals surface area contributed by atoms with Gasteiger partial charge in [0.1, 0.15) is 12.4 Å². The number of halogens is 2. The number of benzene rings is 3. The van der Waals surface area contributed by atoms with Crippen molar-refractivity contribution >= 4 is 28.9 Å². The van der Waals surface area contributed by atoms with E-state index < -0.39 is 0 Å². The molecule has 4 heteroatoms. The first-order valence-electron chi connectivity index (χ1n) is 8.07. The number of nitrogens with one attached hydrogen (secondary N) is 1. The average molecular weight is 372 g/mol. The molecule has 3 aromatic rings. The fourth-order valence-corrected chi connectivity index (χ4v) is 2.85. The third-order valence-corrected chi connectivity index (χ3v) is 4.43. The predicted octanol–water partition coefficient (Wildman–Crippen LogP) is 6.49. The van der Waals surface area contributed by atoms with Crippen LogP contribution < -0.4 is 10.1 Å². The highest BCUT2D eigenvalue weighted by Crippen LogP contribution is 2.26. The Labute approximate surface area is 158 Å². The van der Waals surface area contributed by atoms with Crippen LogP contribution in [0.2, 0.25) is 10.0 Å². The van der Waals surface area contributed by atoms with Crippen LogP contribution in [0.25, 0.3) is 0 Å². The van der Waals surface area contributed by atoms with Gasteiger partial charge >= 0.3 is 0 Å². The van der Waals surface area contributed by atoms with Crippen LogP contribution in [0.15, 0.2) is 66.7 Å². The Hall–Kier alpha value is -2.16. The normalized spacial score (nSPS) is 10.5. The predicted molar refractivity (Wildman–Crippen MR) is 106 cm³/mol. The lowest BCUT2D eigenvalue weighted by Gasteiger charge is -2.14. The second-order valence-electron chi connectivity index (χ2n) is 5.84. The Kier molecular flexibility index (Phi) is 5.85. The molecule has 1 N–H and O–H groups in total. The Bertz CT molecular complexity index is 847. The molecule has 128 valence electrons. The lowest BCUT2D eigenvalue weighted by molar-refractivity contribution is 0.303. The monoisotopic (exact) mass is 371 g/mol. The molecular formula is C21H19Cl2NO. The fraction of sp³-hybridized carbons (Fsp3) is 0.143. The van der Waals surface area contributed by atoms with Gasteiger partial charge in [0.05, 0.1) is 0 Å². The zero-order valence-electron chi connectivity index (χ0n) is 13.9. The van der Waals surface area contributed by atoms with E-state index in [2.05, 4.69) is 24.4 Å². The SMILES string of the molecule is Cc1ccccc1NCc1cc(Cl)ccc1OCc1ccc(Cl)cc1. The summed E-state index contributed by atoms with van der Waals surface area (Å²) in [5.41, 5.74) is 4.39. The smallest absolute Gasteiger partial charge is 0.124 e. The standard InChI is InChI=1S/C21H19Cl2NO/c1-15-4-2-3-5-20(15)24-13-17-12-19(23)10-11-21(17)25-14-16-6-8-18(22)9-7-16/h2-12,24H,13-14H2,1H3. The van der Waals surface area contributed by atoms with Crippen molar-refractivity contribution in [2.75, 3.05) is 5.32 Å². The molecule has 0 atom stereocenters. The lowest BCUT2D eigenvalue weighted by Crippen LogP contribution is -2.04. The number of ether oxygens (including phenoxy) is 1. The Morgan fingerprint density at radius 3 is 2.36 bits per heavy atom. The van der Waals surface area contributed by atoms with Crippen LogP contribution in [-0.2, 0) is 13.2 Å². The van der Waals surface area contributed by atoms with E-state index in [0.717, 1.165) is 27.6 Å². The van der Waals surface area contributed by atoms with Crippen LogP contribution in [0.1, 0.15) is 16.7 Å². The summed E-state index contributed by atoms with van der Waals surface area (Å²) in [5.74, 6) is 0.820. The van der Waals surface area contributed by atoms with Gasteiger partial charge in [-0.15, -0.1) is 0 Å². The van der Waals surface area contributed by atoms with Crippen LogP contribution in [0.4, 0.5) is 5.69 Å². The molecule has 0 saturated heterocycles. The molecule has 0 aliphatic rings. The number of anilines is 1. The minimum absolute atomic E-state index is 0.482. The molecule has 0 fully saturated rings. The summed E-state index contributed by atoms with van der Waals surface area (Å²) in [6.07, 6.45) is 0. The summed E-state index contributed by atoms with van der Waals surface area (Å²) in [6.45, 7) is 3.20. The third kappa shape index (κ3) is 4.91. The highest BCUT2D eigenvalue weighted by atomic mass is 35.5. The molecular weight excluding hydrogens is 353 g/mol. The van der Waals surface area contributed by atoms with E-state index >= 15 is 0 Å². The summed E-state index contributed by atoms with van der Waals surface area (Å²) in [5, 5.41) is 4.86. The quantitative estimate of drug-likeness (QED) is 0.534. The second kappa shape index (κ2) is 8.28. The summed E-state index contributed by atoms with van der Waals surface area (Å²) >= 11 is 12.1. The Morgan fingerprint density at radius 1 is 0.880 bits per heavy atom. The van der Waals surface area contributed by atoms with Crippen LogP contribution in [0, 0.1) is 6.92 Å². The molecule has 0 unspecified atom stereocenters. The van der Waals surface area contributed by atoms with Gasteiger partial charge < -0.3 is 10.1 Å². The van der Waals surface area contributed by atoms with Gasteiger partial charge in [-0.25, -0.2) is 0 Å². The number of rotatable bonds is 6. The maximum Gasteiger partial charge on any atom is 0.124 e. The first-order chi connectivity index (χ1) is 12.1. The van der Waals surface area contributed by atoms with Crippen LogP contribution in [-0.4, -0.2) is 0 Å². The highest BCUT2D eigenvalue weighted by Gasteiger charge is 2.07. The van der Waals surface area contributed by atoms with Crippen molar-refractivity contribution < 1.29 is 4.74 Å². The van der Waals surface area contributed by atoms with E-state index in [-0.39, 0.29) is 0 Å². The van der Waals surface area contributed by atoms with Crippen molar-refractivity contribution in [2.24, 2.45) is 0 Å². The number of aryl methyl sites for hydroxylation is 1. The summed E-state index contributed by atoms with van der Waals surface area (Å²) in [6, 6.07) is 21.5. The van der Waals surface area contributed by atoms with Gasteiger partial charge in [0, 0.05) is 27.8 Å². The first-order valence-corrected chi connectivity index (χ1v) is 8.82. The van der Waals surface area contributed by atoms with Gasteiger partial charge in [0.2, 0.25) is 0 Å². The topological polar surface area (TPSA) is 21.3 Å². The van der Waals surface area contributed by atoms with Crippen molar-refractivity contribution in [1.82, 2.24) is 0 Å². The summed E-state index contributed by atoms with van der Waals surface area (Å²) < 4.78 is 6.00. The molecule has 0 bridgehead atoms. The second-order valence-corrected chi connectivity index (χ2v) is 6.71. The van der Waals surface area contributed by atoms with Crippen LogP contribution in [0.3, 0.4) is 0 Å². The van der Waals surface area contributed by atoms with Crippen molar-refractivity contribution in [3.8, 4) is 5.75 Å². The van der Waals surface area contributed by atoms with E-state index in [1.54, 1.807) is 0 Å². The molecule has 0 aliphatic carbocycles. The number of para-hydroxylation sites is 1. The fourth-order valence-electron chi connectivity index (χ4n) is 2.53. The van der Waals surface area contributed by atoms with Gasteiger partial charge in [-0.3, -0.25) is 0 Å². The van der Waals surface area contributed by atoms with Gasteiger partial charge in [0.25, 0.3) is 0 Å². The molecule has 0 aliphatic heterocycles. The Balaban J connectivity index is 1.71. The summed E-state index contributed by atoms with van der Waals surface area (Å²) in [4.78, 5) is 0. The molecule has 0 amide bonds. The van der Waals surface area contributed by atoms with Gasteiger partial charge in [-0.1, -0.05) is 53.5 Å². The maximum atomic E-state index is 6.17. The lowest BCUT2D eigenvalue weighted by atomic mass is 10.1. The van der Waals surface area contributed by atoms with Crippen LogP contribution >= 0.6 is 23.2 Å². The largest absolute Gasteiger partial charge is 0.489 e. The molecule has 0 radical (unpaired) electrons. The summed E-state index contributed by atoms with van der Waals surface area (Å²) in [7, 11) is 0. The highest BCUT2D eigenvalue weighted by molar-refractivity contribution is 6.30. The van der Waals surface area contributed by atoms with E-state index in [4.69, 9.17) is 27.9 Å². The van der Waals surface area contributed by atoms with E-state index in [1.807, 2.05) is 54.6 Å². The Morgan fingerprint density at radius 2 is 1.60 bits per heavy atom. The van der Waals surface area contributed by atoms with Gasteiger partial charge in [-0.05, 0) is 54.4 Å². The van der Waals surface area contributed by atoms with E-state index in [0.29, 0.717) is 18.2 Å². The van der Waals surface area contributed by atoms with Crippen molar-refractivity contribution in [2.45, 2.75) is 20.1 Å². The van der Waals surface area contributed by atoms with Crippen molar-refractivity contribution in [3.63, 3.8) is 0 Å². The first kappa shape index (κ1) is 17.7. The average Bonchev–Trinajstić information content (AvgIpc) is 2.61.